The molecule has 102 valence electrons. The normalized spacial score (nSPS) is 28.4. The fourth-order valence-corrected chi connectivity index (χ4v) is 3.37. The van der Waals surface area contributed by atoms with Gasteiger partial charge < -0.3 is 5.32 Å². The summed E-state index contributed by atoms with van der Waals surface area (Å²) in [5.74, 6) is 0.780. The molecule has 2 saturated carbocycles. The molecule has 1 nitrogen and oxygen atoms in total. The van der Waals surface area contributed by atoms with Crippen LogP contribution in [0.1, 0.15) is 51.0 Å². The van der Waals surface area contributed by atoms with Gasteiger partial charge in [-0.05, 0) is 37.7 Å². The number of hydrogen-bond acceptors (Lipinski definition) is 1. The monoisotopic (exact) mass is 255 g/mol. The second kappa shape index (κ2) is 5.92. The first kappa shape index (κ1) is 12.9. The summed E-state index contributed by atoms with van der Waals surface area (Å²) in [4.78, 5) is 0. The Morgan fingerprint density at radius 3 is 2.58 bits per heavy atom. The van der Waals surface area contributed by atoms with E-state index in [4.69, 9.17) is 0 Å². The second-order valence-corrected chi connectivity index (χ2v) is 6.25. The molecule has 0 aliphatic heterocycles. The van der Waals surface area contributed by atoms with E-state index in [2.05, 4.69) is 48.6 Å². The summed E-state index contributed by atoms with van der Waals surface area (Å²) in [6.07, 6.45) is 10.8. The molecule has 2 unspecified atom stereocenters. The van der Waals surface area contributed by atoms with Crippen LogP contribution in [0, 0.1) is 5.92 Å². The lowest BCUT2D eigenvalue weighted by Gasteiger charge is -2.23. The van der Waals surface area contributed by atoms with Crippen LogP contribution in [0.2, 0.25) is 0 Å². The van der Waals surface area contributed by atoms with Crippen LogP contribution in [0.5, 0.6) is 0 Å². The molecule has 1 N–H and O–H groups in total. The van der Waals surface area contributed by atoms with Gasteiger partial charge in [-0.1, -0.05) is 61.2 Å². The molecular formula is C18H25N. The topological polar surface area (TPSA) is 12.0 Å². The molecule has 0 amide bonds. The summed E-state index contributed by atoms with van der Waals surface area (Å²) >= 11 is 0. The third-order valence-electron chi connectivity index (χ3n) is 4.62. The third-order valence-corrected chi connectivity index (χ3v) is 4.62. The van der Waals surface area contributed by atoms with Crippen LogP contribution in [0.3, 0.4) is 0 Å². The molecule has 2 aliphatic carbocycles. The fourth-order valence-electron chi connectivity index (χ4n) is 3.37. The Morgan fingerprint density at radius 2 is 1.84 bits per heavy atom. The fraction of sp³-hybridized carbons (Fsp3) is 0.556. The first-order valence-corrected chi connectivity index (χ1v) is 7.82. The summed E-state index contributed by atoms with van der Waals surface area (Å²) in [5.41, 5.74) is 2.88. The first-order valence-electron chi connectivity index (χ1n) is 7.82. The number of nitrogens with one attached hydrogen (secondary N) is 1. The van der Waals surface area contributed by atoms with Crippen LogP contribution >= 0.6 is 0 Å². The molecule has 2 atom stereocenters. The third kappa shape index (κ3) is 3.48. The molecule has 1 heteroatoms. The van der Waals surface area contributed by atoms with Crippen molar-refractivity contribution in [1.29, 1.82) is 0 Å². The smallest absolute Gasteiger partial charge is 0.0142 e. The number of benzene rings is 1. The molecule has 2 fully saturated rings. The van der Waals surface area contributed by atoms with Crippen LogP contribution in [0.15, 0.2) is 35.9 Å². The SMILES string of the molecule is C/C(=C\c1ccccc1)C1CC1NC1CCCCC1. The van der Waals surface area contributed by atoms with Crippen molar-refractivity contribution in [2.24, 2.45) is 5.92 Å². The molecule has 3 rings (SSSR count). The Labute approximate surface area is 117 Å². The van der Waals surface area contributed by atoms with Crippen LogP contribution in [-0.4, -0.2) is 12.1 Å². The van der Waals surface area contributed by atoms with E-state index in [9.17, 15) is 0 Å². The lowest BCUT2D eigenvalue weighted by molar-refractivity contribution is 0.368. The van der Waals surface area contributed by atoms with Gasteiger partial charge in [-0.2, -0.15) is 0 Å². The van der Waals surface area contributed by atoms with Crippen molar-refractivity contribution in [2.75, 3.05) is 0 Å². The van der Waals surface area contributed by atoms with Gasteiger partial charge in [0.15, 0.2) is 0 Å². The highest BCUT2D eigenvalue weighted by Crippen LogP contribution is 2.39. The average molecular weight is 255 g/mol. The predicted octanol–water partition coefficient (Wildman–Crippen LogP) is 4.40. The molecule has 1 aromatic carbocycles. The van der Waals surface area contributed by atoms with E-state index in [-0.39, 0.29) is 0 Å². The maximum absolute atomic E-state index is 3.87. The van der Waals surface area contributed by atoms with Gasteiger partial charge in [-0.25, -0.2) is 0 Å². The summed E-state index contributed by atoms with van der Waals surface area (Å²) in [7, 11) is 0. The zero-order chi connectivity index (χ0) is 13.1. The summed E-state index contributed by atoms with van der Waals surface area (Å²) in [6, 6.07) is 12.2. The zero-order valence-electron chi connectivity index (χ0n) is 11.9. The van der Waals surface area contributed by atoms with Gasteiger partial charge in [0.2, 0.25) is 0 Å². The lowest BCUT2D eigenvalue weighted by Crippen LogP contribution is -2.33. The van der Waals surface area contributed by atoms with Crippen LogP contribution < -0.4 is 5.32 Å². The average Bonchev–Trinajstić information content (AvgIpc) is 3.20. The maximum atomic E-state index is 3.87. The zero-order valence-corrected chi connectivity index (χ0v) is 11.9. The minimum Gasteiger partial charge on any atom is -0.311 e. The van der Waals surface area contributed by atoms with Crippen molar-refractivity contribution in [3.63, 3.8) is 0 Å². The maximum Gasteiger partial charge on any atom is 0.0142 e. The first-order chi connectivity index (χ1) is 9.33. The van der Waals surface area contributed by atoms with Crippen molar-refractivity contribution >= 4 is 6.08 Å². The Bertz CT molecular complexity index is 428. The second-order valence-electron chi connectivity index (χ2n) is 6.25. The molecule has 0 saturated heterocycles. The van der Waals surface area contributed by atoms with Gasteiger partial charge >= 0.3 is 0 Å². The van der Waals surface area contributed by atoms with E-state index in [0.717, 1.165) is 18.0 Å². The van der Waals surface area contributed by atoms with Gasteiger partial charge in [-0.15, -0.1) is 0 Å². The Balaban J connectivity index is 1.52. The predicted molar refractivity (Wildman–Crippen MR) is 82.0 cm³/mol. The van der Waals surface area contributed by atoms with Gasteiger partial charge in [-0.3, -0.25) is 0 Å². The van der Waals surface area contributed by atoms with Crippen molar-refractivity contribution in [3.05, 3.63) is 41.5 Å². The largest absolute Gasteiger partial charge is 0.311 e. The van der Waals surface area contributed by atoms with Crippen molar-refractivity contribution < 1.29 is 0 Å². The molecule has 19 heavy (non-hydrogen) atoms. The molecule has 0 spiro atoms. The van der Waals surface area contributed by atoms with E-state index >= 15 is 0 Å². The standard InChI is InChI=1S/C18H25N/c1-14(12-15-8-4-2-5-9-15)17-13-18(17)19-16-10-6-3-7-11-16/h2,4-5,8-9,12,16-19H,3,6-7,10-11,13H2,1H3/b14-12+. The van der Waals surface area contributed by atoms with E-state index < -0.39 is 0 Å². The summed E-state index contributed by atoms with van der Waals surface area (Å²) < 4.78 is 0. The molecule has 2 aliphatic rings. The van der Waals surface area contributed by atoms with Crippen LogP contribution in [-0.2, 0) is 0 Å². The number of rotatable bonds is 4. The highest BCUT2D eigenvalue weighted by molar-refractivity contribution is 5.53. The van der Waals surface area contributed by atoms with Gasteiger partial charge in [0.05, 0.1) is 0 Å². The van der Waals surface area contributed by atoms with Gasteiger partial charge in [0, 0.05) is 12.1 Å². The molecule has 0 heterocycles. The van der Waals surface area contributed by atoms with E-state index in [1.807, 2.05) is 0 Å². The van der Waals surface area contributed by atoms with E-state index in [1.54, 1.807) is 5.57 Å². The van der Waals surface area contributed by atoms with E-state index in [1.165, 1.54) is 44.1 Å². The molecule has 0 bridgehead atoms. The Hall–Kier alpha value is -1.08. The van der Waals surface area contributed by atoms with Gasteiger partial charge in [0.1, 0.15) is 0 Å². The summed E-state index contributed by atoms with van der Waals surface area (Å²) in [5, 5.41) is 3.87. The molecule has 1 aromatic rings. The number of hydrogen-bond donors (Lipinski definition) is 1. The molecule has 0 radical (unpaired) electrons. The Morgan fingerprint density at radius 1 is 1.11 bits per heavy atom. The highest BCUT2D eigenvalue weighted by atomic mass is 15.0. The minimum atomic E-state index is 0.753. The van der Waals surface area contributed by atoms with Crippen molar-refractivity contribution in [2.45, 2.75) is 57.5 Å². The molecular weight excluding hydrogens is 230 g/mol. The lowest BCUT2D eigenvalue weighted by atomic mass is 9.95. The van der Waals surface area contributed by atoms with E-state index in [0.29, 0.717) is 0 Å². The highest BCUT2D eigenvalue weighted by Gasteiger charge is 2.39. The summed E-state index contributed by atoms with van der Waals surface area (Å²) in [6.45, 7) is 2.29. The van der Waals surface area contributed by atoms with Crippen LogP contribution in [0.25, 0.3) is 6.08 Å². The molecule has 0 aromatic heterocycles. The van der Waals surface area contributed by atoms with Crippen molar-refractivity contribution in [3.8, 4) is 0 Å². The quantitative estimate of drug-likeness (QED) is 0.841. The van der Waals surface area contributed by atoms with Gasteiger partial charge in [0.25, 0.3) is 0 Å². The van der Waals surface area contributed by atoms with Crippen LogP contribution in [0.4, 0.5) is 0 Å². The van der Waals surface area contributed by atoms with Crippen molar-refractivity contribution in [1.82, 2.24) is 5.32 Å². The Kier molecular flexibility index (Phi) is 4.03. The minimum absolute atomic E-state index is 0.753.